The zero-order valence-electron chi connectivity index (χ0n) is 15.3. The molecule has 7 heteroatoms. The summed E-state index contributed by atoms with van der Waals surface area (Å²) in [5.41, 5.74) is 3.08. The Bertz CT molecular complexity index is 969. The molecule has 0 bridgehead atoms. The molecule has 0 aliphatic carbocycles. The Morgan fingerprint density at radius 3 is 2.48 bits per heavy atom. The largest absolute Gasteiger partial charge is 0.421 e. The maximum atomic E-state index is 12.1. The normalized spacial score (nSPS) is 11.6. The Hall–Kier alpha value is -2.51. The minimum absolute atomic E-state index is 0.0974. The fourth-order valence-corrected chi connectivity index (χ4v) is 3.85. The predicted molar refractivity (Wildman–Crippen MR) is 105 cm³/mol. The van der Waals surface area contributed by atoms with Crippen molar-refractivity contribution in [1.29, 1.82) is 0 Å². The van der Waals surface area contributed by atoms with Crippen LogP contribution >= 0.6 is 0 Å². The van der Waals surface area contributed by atoms with Crippen molar-refractivity contribution in [2.75, 3.05) is 12.3 Å². The van der Waals surface area contributed by atoms with E-state index in [1.807, 2.05) is 61.5 Å². The molecule has 0 radical (unpaired) electrons. The molecule has 142 valence electrons. The van der Waals surface area contributed by atoms with E-state index >= 15 is 0 Å². The smallest absolute Gasteiger partial charge is 0.247 e. The molecule has 0 atom stereocenters. The second-order valence-electron chi connectivity index (χ2n) is 6.37. The van der Waals surface area contributed by atoms with Crippen molar-refractivity contribution in [3.8, 4) is 11.5 Å². The van der Waals surface area contributed by atoms with Crippen molar-refractivity contribution in [1.82, 2.24) is 14.9 Å². The maximum Gasteiger partial charge on any atom is 0.247 e. The molecular weight excluding hydrogens is 362 g/mol. The van der Waals surface area contributed by atoms with Gasteiger partial charge in [0.25, 0.3) is 0 Å². The average molecular weight is 385 g/mol. The quantitative estimate of drug-likeness (QED) is 0.612. The minimum atomic E-state index is -3.31. The van der Waals surface area contributed by atoms with Gasteiger partial charge in [0.15, 0.2) is 0 Å². The molecule has 27 heavy (non-hydrogen) atoms. The molecule has 0 saturated carbocycles. The zero-order chi connectivity index (χ0) is 19.1. The van der Waals surface area contributed by atoms with Gasteiger partial charge in [0.05, 0.1) is 5.75 Å². The van der Waals surface area contributed by atoms with E-state index in [2.05, 4.69) is 14.9 Å². The molecule has 1 heterocycles. The number of sulfonamides is 1. The third kappa shape index (κ3) is 5.74. The second-order valence-corrected chi connectivity index (χ2v) is 8.29. The van der Waals surface area contributed by atoms with E-state index in [-0.39, 0.29) is 12.3 Å². The third-order valence-corrected chi connectivity index (χ3v) is 5.69. The molecule has 0 saturated heterocycles. The third-order valence-electron chi connectivity index (χ3n) is 4.22. The highest BCUT2D eigenvalue weighted by Crippen LogP contribution is 2.21. The SMILES string of the molecule is Cc1ccccc1-c1nnc(CCNS(=O)(=O)CCCc2ccccc2)o1. The number of nitrogens with zero attached hydrogens (tertiary/aromatic N) is 2. The number of rotatable bonds is 9. The average Bonchev–Trinajstić information content (AvgIpc) is 3.11. The monoisotopic (exact) mass is 385 g/mol. The van der Waals surface area contributed by atoms with Crippen molar-refractivity contribution in [3.63, 3.8) is 0 Å². The summed E-state index contributed by atoms with van der Waals surface area (Å²) in [4.78, 5) is 0. The van der Waals surface area contributed by atoms with Crippen LogP contribution in [0.15, 0.2) is 59.0 Å². The van der Waals surface area contributed by atoms with Gasteiger partial charge in [-0.25, -0.2) is 13.1 Å². The van der Waals surface area contributed by atoms with Crippen molar-refractivity contribution < 1.29 is 12.8 Å². The molecule has 0 spiro atoms. The molecule has 0 aliphatic rings. The lowest BCUT2D eigenvalue weighted by Gasteiger charge is -2.05. The topological polar surface area (TPSA) is 85.1 Å². The molecule has 1 N–H and O–H groups in total. The Morgan fingerprint density at radius 2 is 1.70 bits per heavy atom. The summed E-state index contributed by atoms with van der Waals surface area (Å²) in [6.07, 6.45) is 1.68. The van der Waals surface area contributed by atoms with Crippen LogP contribution < -0.4 is 4.72 Å². The van der Waals surface area contributed by atoms with Gasteiger partial charge in [-0.15, -0.1) is 10.2 Å². The van der Waals surface area contributed by atoms with Crippen LogP contribution in [0.1, 0.15) is 23.4 Å². The number of hydrogen-bond donors (Lipinski definition) is 1. The van der Waals surface area contributed by atoms with Crippen LogP contribution in [0, 0.1) is 6.92 Å². The first-order valence-corrected chi connectivity index (χ1v) is 10.6. The standard InChI is InChI=1S/C20H23N3O3S/c1-16-8-5-6-12-18(16)20-23-22-19(26-20)13-14-21-27(24,25)15-7-11-17-9-3-2-4-10-17/h2-6,8-10,12,21H,7,11,13-15H2,1H3. The lowest BCUT2D eigenvalue weighted by atomic mass is 10.1. The molecule has 6 nitrogen and oxygen atoms in total. The van der Waals surface area contributed by atoms with E-state index in [1.165, 1.54) is 0 Å². The summed E-state index contributed by atoms with van der Waals surface area (Å²) in [6.45, 7) is 2.21. The first kappa shape index (κ1) is 19.3. The van der Waals surface area contributed by atoms with Crippen LogP contribution in [0.3, 0.4) is 0 Å². The van der Waals surface area contributed by atoms with E-state index in [0.717, 1.165) is 23.1 Å². The maximum absolute atomic E-state index is 12.1. The van der Waals surface area contributed by atoms with Crippen molar-refractivity contribution >= 4 is 10.0 Å². The molecule has 1 aromatic heterocycles. The van der Waals surface area contributed by atoms with Crippen molar-refractivity contribution in [2.45, 2.75) is 26.2 Å². The number of hydrogen-bond acceptors (Lipinski definition) is 5. The number of aromatic nitrogens is 2. The Labute approximate surface area is 159 Å². The summed E-state index contributed by atoms with van der Waals surface area (Å²) in [6, 6.07) is 17.6. The van der Waals surface area contributed by atoms with Crippen LogP contribution in [0.4, 0.5) is 0 Å². The highest BCUT2D eigenvalue weighted by atomic mass is 32.2. The van der Waals surface area contributed by atoms with Crippen LogP contribution in [0.25, 0.3) is 11.5 Å². The lowest BCUT2D eigenvalue weighted by molar-refractivity contribution is 0.501. The van der Waals surface area contributed by atoms with Crippen LogP contribution in [-0.4, -0.2) is 30.9 Å². The van der Waals surface area contributed by atoms with Gasteiger partial charge in [-0.1, -0.05) is 48.5 Å². The fraction of sp³-hybridized carbons (Fsp3) is 0.300. The molecule has 3 rings (SSSR count). The van der Waals surface area contributed by atoms with Gasteiger partial charge in [-0.3, -0.25) is 0 Å². The summed E-state index contributed by atoms with van der Waals surface area (Å²) >= 11 is 0. The van der Waals surface area contributed by atoms with Gasteiger partial charge >= 0.3 is 0 Å². The van der Waals surface area contributed by atoms with E-state index in [4.69, 9.17) is 4.42 Å². The minimum Gasteiger partial charge on any atom is -0.421 e. The summed E-state index contributed by atoms with van der Waals surface area (Å²) in [7, 11) is -3.31. The lowest BCUT2D eigenvalue weighted by Crippen LogP contribution is -2.28. The van der Waals surface area contributed by atoms with E-state index in [9.17, 15) is 8.42 Å². The van der Waals surface area contributed by atoms with Gasteiger partial charge in [-0.2, -0.15) is 0 Å². The first-order valence-electron chi connectivity index (χ1n) is 8.93. The highest BCUT2D eigenvalue weighted by Gasteiger charge is 2.13. The molecular formula is C20H23N3O3S. The number of aryl methyl sites for hydroxylation is 2. The first-order chi connectivity index (χ1) is 13.0. The van der Waals surface area contributed by atoms with Gasteiger partial charge in [0.2, 0.25) is 21.8 Å². The van der Waals surface area contributed by atoms with Gasteiger partial charge < -0.3 is 4.42 Å². The molecule has 2 aromatic carbocycles. The predicted octanol–water partition coefficient (Wildman–Crippen LogP) is 3.14. The Morgan fingerprint density at radius 1 is 0.963 bits per heavy atom. The summed E-state index contributed by atoms with van der Waals surface area (Å²) < 4.78 is 32.5. The van der Waals surface area contributed by atoms with E-state index in [0.29, 0.717) is 24.6 Å². The van der Waals surface area contributed by atoms with E-state index in [1.54, 1.807) is 0 Å². The number of nitrogens with one attached hydrogen (secondary N) is 1. The fourth-order valence-electron chi connectivity index (χ4n) is 2.77. The summed E-state index contributed by atoms with van der Waals surface area (Å²) in [5.74, 6) is 0.967. The molecule has 0 fully saturated rings. The molecule has 3 aromatic rings. The van der Waals surface area contributed by atoms with Crippen molar-refractivity contribution in [2.24, 2.45) is 0 Å². The Kier molecular flexibility index (Phi) is 6.36. The van der Waals surface area contributed by atoms with Crippen LogP contribution in [0.5, 0.6) is 0 Å². The Balaban J connectivity index is 1.46. The highest BCUT2D eigenvalue weighted by molar-refractivity contribution is 7.89. The van der Waals surface area contributed by atoms with E-state index < -0.39 is 10.0 Å². The molecule has 0 unspecified atom stereocenters. The van der Waals surface area contributed by atoms with Crippen LogP contribution in [0.2, 0.25) is 0 Å². The van der Waals surface area contributed by atoms with Crippen molar-refractivity contribution in [3.05, 3.63) is 71.6 Å². The van der Waals surface area contributed by atoms with Gasteiger partial charge in [0, 0.05) is 18.5 Å². The van der Waals surface area contributed by atoms with Gasteiger partial charge in [-0.05, 0) is 37.0 Å². The van der Waals surface area contributed by atoms with Crippen LogP contribution in [-0.2, 0) is 22.9 Å². The number of benzene rings is 2. The molecule has 0 amide bonds. The summed E-state index contributed by atoms with van der Waals surface area (Å²) in [5, 5.41) is 8.06. The van der Waals surface area contributed by atoms with Gasteiger partial charge in [0.1, 0.15) is 0 Å². The zero-order valence-corrected chi connectivity index (χ0v) is 16.1. The second kappa shape index (κ2) is 8.92. The molecule has 0 aliphatic heterocycles.